The molecule has 0 N–H and O–H groups in total. The van der Waals surface area contributed by atoms with Crippen LogP contribution < -0.4 is 5.56 Å². The van der Waals surface area contributed by atoms with Gasteiger partial charge in [-0.25, -0.2) is 4.98 Å². The van der Waals surface area contributed by atoms with Crippen LogP contribution in [0.5, 0.6) is 0 Å². The highest BCUT2D eigenvalue weighted by Gasteiger charge is 2.27. The quantitative estimate of drug-likeness (QED) is 0.666. The molecule has 0 spiro atoms. The van der Waals surface area contributed by atoms with E-state index in [1.165, 1.54) is 43.8 Å². The van der Waals surface area contributed by atoms with Gasteiger partial charge >= 0.3 is 0 Å². The highest BCUT2D eigenvalue weighted by atomic mass is 16.1. The lowest BCUT2D eigenvalue weighted by Crippen LogP contribution is -2.37. The van der Waals surface area contributed by atoms with Gasteiger partial charge < -0.3 is 9.47 Å². The molecule has 30 heavy (non-hydrogen) atoms. The van der Waals surface area contributed by atoms with Crippen molar-refractivity contribution >= 4 is 5.65 Å². The molecule has 2 aliphatic rings. The molecular weight excluding hydrogens is 376 g/mol. The molecule has 0 aromatic carbocycles. The molecule has 3 aromatic rings. The second-order valence-electron chi connectivity index (χ2n) is 8.74. The van der Waals surface area contributed by atoms with E-state index in [1.807, 2.05) is 31.3 Å². The summed E-state index contributed by atoms with van der Waals surface area (Å²) in [6.07, 6.45) is 9.68. The maximum atomic E-state index is 12.9. The van der Waals surface area contributed by atoms with Gasteiger partial charge in [-0.1, -0.05) is 12.5 Å². The van der Waals surface area contributed by atoms with E-state index in [2.05, 4.69) is 24.6 Å². The summed E-state index contributed by atoms with van der Waals surface area (Å²) in [4.78, 5) is 20.1. The fraction of sp³-hybridized carbons (Fsp3) is 0.565. The zero-order valence-corrected chi connectivity index (χ0v) is 17.8. The molecule has 1 unspecified atom stereocenters. The van der Waals surface area contributed by atoms with E-state index in [0.717, 1.165) is 50.3 Å². The Kier molecular flexibility index (Phi) is 5.37. The Balaban J connectivity index is 1.31. The molecule has 5 heterocycles. The van der Waals surface area contributed by atoms with Crippen molar-refractivity contribution in [2.45, 2.75) is 64.3 Å². The smallest absolute Gasteiger partial charge is 0.261 e. The first-order valence-corrected chi connectivity index (χ1v) is 11.3. The molecule has 7 heteroatoms. The van der Waals surface area contributed by atoms with Crippen LogP contribution in [-0.4, -0.2) is 48.7 Å². The van der Waals surface area contributed by atoms with E-state index in [-0.39, 0.29) is 5.56 Å². The normalized spacial score (nSPS) is 20.2. The Morgan fingerprint density at radius 1 is 1.10 bits per heavy atom. The summed E-state index contributed by atoms with van der Waals surface area (Å²) in [6, 6.07) is 5.68. The molecule has 158 valence electrons. The lowest BCUT2D eigenvalue weighted by molar-refractivity contribution is 0.203. The summed E-state index contributed by atoms with van der Waals surface area (Å²) in [7, 11) is 0. The van der Waals surface area contributed by atoms with Crippen LogP contribution in [0.4, 0.5) is 0 Å². The van der Waals surface area contributed by atoms with Crippen LogP contribution in [0, 0.1) is 6.92 Å². The summed E-state index contributed by atoms with van der Waals surface area (Å²) in [5.41, 5.74) is 2.46. The molecule has 0 radical (unpaired) electrons. The van der Waals surface area contributed by atoms with Crippen LogP contribution in [-0.2, 0) is 19.4 Å². The SMILES string of the molecule is Cc1nc2ccccn2c(=O)c1CCN1CCCC(c2nnc3n2CCCCC3)C1. The number of likely N-dealkylation sites (tertiary alicyclic amines) is 1. The first kappa shape index (κ1) is 19.4. The van der Waals surface area contributed by atoms with Crippen molar-refractivity contribution in [3.63, 3.8) is 0 Å². The molecule has 1 atom stereocenters. The van der Waals surface area contributed by atoms with Gasteiger partial charge in [0.25, 0.3) is 5.56 Å². The third kappa shape index (κ3) is 3.67. The molecule has 0 aliphatic carbocycles. The first-order valence-electron chi connectivity index (χ1n) is 11.3. The second kappa shape index (κ2) is 8.30. The lowest BCUT2D eigenvalue weighted by Gasteiger charge is -2.32. The molecule has 7 nitrogen and oxygen atoms in total. The Labute approximate surface area is 176 Å². The molecule has 1 fully saturated rings. The fourth-order valence-electron chi connectivity index (χ4n) is 5.07. The van der Waals surface area contributed by atoms with E-state index in [9.17, 15) is 4.79 Å². The number of pyridine rings is 1. The van der Waals surface area contributed by atoms with Gasteiger partial charge in [-0.15, -0.1) is 10.2 Å². The van der Waals surface area contributed by atoms with E-state index < -0.39 is 0 Å². The third-order valence-electron chi connectivity index (χ3n) is 6.72. The van der Waals surface area contributed by atoms with Crippen LogP contribution in [0.2, 0.25) is 0 Å². The topological polar surface area (TPSA) is 68.3 Å². The Morgan fingerprint density at radius 2 is 2.03 bits per heavy atom. The van der Waals surface area contributed by atoms with Gasteiger partial charge in [-0.05, 0) is 57.7 Å². The summed E-state index contributed by atoms with van der Waals surface area (Å²) in [5, 5.41) is 9.11. The van der Waals surface area contributed by atoms with Crippen LogP contribution in [0.15, 0.2) is 29.2 Å². The largest absolute Gasteiger partial charge is 0.315 e. The highest BCUT2D eigenvalue weighted by molar-refractivity contribution is 5.40. The van der Waals surface area contributed by atoms with E-state index in [1.54, 1.807) is 4.40 Å². The van der Waals surface area contributed by atoms with Crippen molar-refractivity contribution in [1.82, 2.24) is 29.0 Å². The fourth-order valence-corrected chi connectivity index (χ4v) is 5.07. The molecule has 2 aliphatic heterocycles. The predicted molar refractivity (Wildman–Crippen MR) is 116 cm³/mol. The number of piperidine rings is 1. The third-order valence-corrected chi connectivity index (χ3v) is 6.72. The van der Waals surface area contributed by atoms with Gasteiger partial charge in [0.2, 0.25) is 0 Å². The van der Waals surface area contributed by atoms with Gasteiger partial charge in [0.05, 0.1) is 0 Å². The standard InChI is InChI=1S/C23H30N6O/c1-17-19(23(30)29-14-6-4-9-20(29)24-17)11-15-27-12-7-8-18(16-27)22-26-25-21-10-3-2-5-13-28(21)22/h4,6,9,14,18H,2-3,5,7-8,10-13,15-16H2,1H3. The molecule has 0 saturated carbocycles. The summed E-state index contributed by atoms with van der Waals surface area (Å²) in [6.45, 7) is 5.98. The molecule has 5 rings (SSSR count). The minimum Gasteiger partial charge on any atom is -0.315 e. The van der Waals surface area contributed by atoms with E-state index >= 15 is 0 Å². The number of fused-ring (bicyclic) bond motifs is 2. The van der Waals surface area contributed by atoms with Crippen molar-refractivity contribution in [2.75, 3.05) is 19.6 Å². The van der Waals surface area contributed by atoms with Gasteiger partial charge in [0.15, 0.2) is 0 Å². The highest BCUT2D eigenvalue weighted by Crippen LogP contribution is 2.28. The van der Waals surface area contributed by atoms with Gasteiger partial charge in [-0.3, -0.25) is 9.20 Å². The monoisotopic (exact) mass is 406 g/mol. The minimum atomic E-state index is 0.0643. The average molecular weight is 407 g/mol. The maximum absolute atomic E-state index is 12.9. The molecule has 0 bridgehead atoms. The van der Waals surface area contributed by atoms with Crippen LogP contribution in [0.25, 0.3) is 5.65 Å². The summed E-state index contributed by atoms with van der Waals surface area (Å²) < 4.78 is 4.05. The van der Waals surface area contributed by atoms with Gasteiger partial charge in [0.1, 0.15) is 17.3 Å². The molecular formula is C23H30N6O. The first-order chi connectivity index (χ1) is 14.7. The number of rotatable bonds is 4. The number of aromatic nitrogens is 5. The zero-order valence-electron chi connectivity index (χ0n) is 17.8. The zero-order chi connectivity index (χ0) is 20.5. The number of hydrogen-bond acceptors (Lipinski definition) is 5. The van der Waals surface area contributed by atoms with Crippen molar-refractivity contribution < 1.29 is 0 Å². The van der Waals surface area contributed by atoms with Crippen LogP contribution >= 0.6 is 0 Å². The average Bonchev–Trinajstić information content (AvgIpc) is 3.02. The van der Waals surface area contributed by atoms with Crippen molar-refractivity contribution in [3.05, 3.63) is 57.7 Å². The van der Waals surface area contributed by atoms with Gasteiger partial charge in [-0.2, -0.15) is 0 Å². The lowest BCUT2D eigenvalue weighted by atomic mass is 9.96. The van der Waals surface area contributed by atoms with Gasteiger partial charge in [0, 0.05) is 49.4 Å². The molecule has 1 saturated heterocycles. The Hall–Kier alpha value is -2.54. The second-order valence-corrected chi connectivity index (χ2v) is 8.74. The summed E-state index contributed by atoms with van der Waals surface area (Å²) >= 11 is 0. The van der Waals surface area contributed by atoms with Crippen LogP contribution in [0.1, 0.15) is 60.9 Å². The predicted octanol–water partition coefficient (Wildman–Crippen LogP) is 2.74. The maximum Gasteiger partial charge on any atom is 0.261 e. The van der Waals surface area contributed by atoms with Crippen LogP contribution in [0.3, 0.4) is 0 Å². The number of aryl methyl sites for hydroxylation is 2. The summed E-state index contributed by atoms with van der Waals surface area (Å²) in [5.74, 6) is 2.79. The van der Waals surface area contributed by atoms with Crippen molar-refractivity contribution in [1.29, 1.82) is 0 Å². The number of nitrogens with zero attached hydrogens (tertiary/aromatic N) is 6. The molecule has 0 amide bonds. The molecule has 3 aromatic heterocycles. The minimum absolute atomic E-state index is 0.0643. The van der Waals surface area contributed by atoms with E-state index in [0.29, 0.717) is 11.6 Å². The Morgan fingerprint density at radius 3 is 2.97 bits per heavy atom. The Bertz CT molecular complexity index is 1100. The van der Waals surface area contributed by atoms with Crippen molar-refractivity contribution in [3.8, 4) is 0 Å². The van der Waals surface area contributed by atoms with E-state index in [4.69, 9.17) is 0 Å². The van der Waals surface area contributed by atoms with Crippen molar-refractivity contribution in [2.24, 2.45) is 0 Å². The number of hydrogen-bond donors (Lipinski definition) is 0.